The van der Waals surface area contributed by atoms with Gasteiger partial charge in [0.1, 0.15) is 0 Å². The van der Waals surface area contributed by atoms with E-state index in [0.29, 0.717) is 6.54 Å². The third kappa shape index (κ3) is 6.99. The normalized spacial score (nSPS) is 15.6. The molecular weight excluding hydrogens is 312 g/mol. The zero-order chi connectivity index (χ0) is 18.1. The number of carbonyl (C=O) groups is 2. The van der Waals surface area contributed by atoms with Crippen LogP contribution in [0.3, 0.4) is 0 Å². The van der Waals surface area contributed by atoms with E-state index in [1.807, 2.05) is 32.0 Å². The van der Waals surface area contributed by atoms with Crippen molar-refractivity contribution < 1.29 is 9.59 Å². The third-order valence-corrected chi connectivity index (χ3v) is 4.94. The fourth-order valence-corrected chi connectivity index (χ4v) is 3.38. The smallest absolute Gasteiger partial charge is 0.220 e. The minimum absolute atomic E-state index is 0.0190. The number of carbonyl (C=O) groups excluding carboxylic acids is 2. The molecule has 2 rings (SSSR count). The van der Waals surface area contributed by atoms with Gasteiger partial charge in [0.25, 0.3) is 0 Å². The number of aryl methyl sites for hydroxylation is 2. The first kappa shape index (κ1) is 19.6. The number of ketones is 1. The molecule has 25 heavy (non-hydrogen) atoms. The Kier molecular flexibility index (Phi) is 8.13. The molecule has 1 amide bonds. The van der Waals surface area contributed by atoms with Gasteiger partial charge in [0.2, 0.25) is 5.91 Å². The van der Waals surface area contributed by atoms with Crippen molar-refractivity contribution in [3.63, 3.8) is 0 Å². The number of nitrogens with zero attached hydrogens (tertiary/aromatic N) is 1. The lowest BCUT2D eigenvalue weighted by Gasteiger charge is -2.19. The lowest BCUT2D eigenvalue weighted by molar-refractivity contribution is -0.121. The van der Waals surface area contributed by atoms with Gasteiger partial charge in [-0.2, -0.15) is 0 Å². The number of rotatable bonds is 8. The summed E-state index contributed by atoms with van der Waals surface area (Å²) in [5.74, 6) is 0.0374. The lowest BCUT2D eigenvalue weighted by atomic mass is 9.99. The standard InChI is InChI=1S/C21H32N2O2/c1-17-8-9-18(2)19(16-17)20(24)10-11-21(25)22-12-7-15-23-13-5-3-4-6-14-23/h8-9,16H,3-7,10-15H2,1-2H3,(H,22,25). The van der Waals surface area contributed by atoms with Gasteiger partial charge in [0.05, 0.1) is 0 Å². The van der Waals surface area contributed by atoms with Crippen molar-refractivity contribution in [1.82, 2.24) is 10.2 Å². The van der Waals surface area contributed by atoms with Crippen molar-refractivity contribution in [3.05, 3.63) is 34.9 Å². The van der Waals surface area contributed by atoms with Crippen LogP contribution in [-0.4, -0.2) is 42.8 Å². The minimum atomic E-state index is -0.0190. The number of Topliss-reactive ketones (excluding diaryl/α,β-unsaturated/α-hetero) is 1. The van der Waals surface area contributed by atoms with Crippen molar-refractivity contribution in [2.24, 2.45) is 0 Å². The number of nitrogens with one attached hydrogen (secondary N) is 1. The van der Waals surface area contributed by atoms with Crippen LogP contribution >= 0.6 is 0 Å². The van der Waals surface area contributed by atoms with Crippen LogP contribution in [0.2, 0.25) is 0 Å². The molecule has 0 aromatic heterocycles. The quantitative estimate of drug-likeness (QED) is 0.578. The summed E-state index contributed by atoms with van der Waals surface area (Å²) in [6.07, 6.45) is 6.83. The van der Waals surface area contributed by atoms with Crippen LogP contribution in [0.5, 0.6) is 0 Å². The summed E-state index contributed by atoms with van der Waals surface area (Å²) in [5.41, 5.74) is 2.80. The predicted octanol–water partition coefficient (Wildman–Crippen LogP) is 3.65. The van der Waals surface area contributed by atoms with E-state index in [1.165, 1.54) is 38.8 Å². The van der Waals surface area contributed by atoms with E-state index in [-0.39, 0.29) is 24.5 Å². The van der Waals surface area contributed by atoms with Crippen LogP contribution in [0.25, 0.3) is 0 Å². The molecule has 1 aromatic rings. The van der Waals surface area contributed by atoms with E-state index in [2.05, 4.69) is 10.2 Å². The Bertz CT molecular complexity index is 575. The molecule has 1 saturated heterocycles. The van der Waals surface area contributed by atoms with E-state index in [9.17, 15) is 9.59 Å². The minimum Gasteiger partial charge on any atom is -0.356 e. The van der Waals surface area contributed by atoms with E-state index < -0.39 is 0 Å². The van der Waals surface area contributed by atoms with Crippen molar-refractivity contribution >= 4 is 11.7 Å². The van der Waals surface area contributed by atoms with Crippen LogP contribution in [0.1, 0.15) is 66.4 Å². The van der Waals surface area contributed by atoms with Crippen LogP contribution in [0.4, 0.5) is 0 Å². The first-order valence-electron chi connectivity index (χ1n) is 9.66. The Morgan fingerprint density at radius 1 is 1.04 bits per heavy atom. The van der Waals surface area contributed by atoms with Gasteiger partial charge < -0.3 is 10.2 Å². The lowest BCUT2D eigenvalue weighted by Crippen LogP contribution is -2.30. The number of likely N-dealkylation sites (tertiary alicyclic amines) is 1. The molecule has 1 aromatic carbocycles. The van der Waals surface area contributed by atoms with Crippen molar-refractivity contribution in [1.29, 1.82) is 0 Å². The largest absolute Gasteiger partial charge is 0.356 e. The molecule has 0 radical (unpaired) electrons. The Hall–Kier alpha value is -1.68. The first-order valence-corrected chi connectivity index (χ1v) is 9.66. The fourth-order valence-electron chi connectivity index (χ4n) is 3.38. The third-order valence-electron chi connectivity index (χ3n) is 4.94. The molecule has 1 fully saturated rings. The molecule has 0 atom stereocenters. The molecule has 1 heterocycles. The Morgan fingerprint density at radius 2 is 1.76 bits per heavy atom. The molecular formula is C21H32N2O2. The van der Waals surface area contributed by atoms with Crippen LogP contribution in [-0.2, 0) is 4.79 Å². The number of benzene rings is 1. The highest BCUT2D eigenvalue weighted by Crippen LogP contribution is 2.14. The van der Waals surface area contributed by atoms with E-state index in [4.69, 9.17) is 0 Å². The second kappa shape index (κ2) is 10.3. The molecule has 1 aliphatic heterocycles. The van der Waals surface area contributed by atoms with E-state index >= 15 is 0 Å². The van der Waals surface area contributed by atoms with Crippen LogP contribution < -0.4 is 5.32 Å². The summed E-state index contributed by atoms with van der Waals surface area (Å²) < 4.78 is 0. The van der Waals surface area contributed by atoms with Gasteiger partial charge >= 0.3 is 0 Å². The summed E-state index contributed by atoms with van der Waals surface area (Å²) >= 11 is 0. The molecule has 0 aliphatic carbocycles. The Morgan fingerprint density at radius 3 is 2.48 bits per heavy atom. The fraction of sp³-hybridized carbons (Fsp3) is 0.619. The Labute approximate surface area is 152 Å². The molecule has 4 heteroatoms. The molecule has 0 unspecified atom stereocenters. The molecule has 0 saturated carbocycles. The van der Waals surface area contributed by atoms with Gasteiger partial charge in [-0.05, 0) is 64.4 Å². The van der Waals surface area contributed by atoms with Crippen LogP contribution in [0, 0.1) is 13.8 Å². The average Bonchev–Trinajstić information content (AvgIpc) is 2.87. The van der Waals surface area contributed by atoms with Crippen molar-refractivity contribution in [2.45, 2.75) is 58.8 Å². The van der Waals surface area contributed by atoms with Gasteiger partial charge in [-0.3, -0.25) is 9.59 Å². The van der Waals surface area contributed by atoms with Crippen LogP contribution in [0.15, 0.2) is 18.2 Å². The SMILES string of the molecule is Cc1ccc(C)c(C(=O)CCC(=O)NCCCN2CCCCCC2)c1. The average molecular weight is 344 g/mol. The number of hydrogen-bond donors (Lipinski definition) is 1. The summed E-state index contributed by atoms with van der Waals surface area (Å²) in [5, 5.41) is 2.95. The second-order valence-electron chi connectivity index (χ2n) is 7.20. The number of hydrogen-bond acceptors (Lipinski definition) is 3. The highest BCUT2D eigenvalue weighted by atomic mass is 16.2. The molecule has 138 valence electrons. The summed E-state index contributed by atoms with van der Waals surface area (Å²) in [6.45, 7) is 8.06. The maximum absolute atomic E-state index is 12.3. The molecule has 1 N–H and O–H groups in total. The predicted molar refractivity (Wildman–Crippen MR) is 102 cm³/mol. The molecule has 0 spiro atoms. The topological polar surface area (TPSA) is 49.4 Å². The maximum atomic E-state index is 12.3. The highest BCUT2D eigenvalue weighted by molar-refractivity contribution is 5.99. The van der Waals surface area contributed by atoms with Crippen molar-refractivity contribution in [3.8, 4) is 0 Å². The van der Waals surface area contributed by atoms with E-state index in [0.717, 1.165) is 29.7 Å². The zero-order valence-electron chi connectivity index (χ0n) is 15.8. The molecule has 0 bridgehead atoms. The summed E-state index contributed by atoms with van der Waals surface area (Å²) in [7, 11) is 0. The molecule has 1 aliphatic rings. The number of amides is 1. The Balaban J connectivity index is 1.63. The monoisotopic (exact) mass is 344 g/mol. The maximum Gasteiger partial charge on any atom is 0.220 e. The highest BCUT2D eigenvalue weighted by Gasteiger charge is 2.12. The van der Waals surface area contributed by atoms with E-state index in [1.54, 1.807) is 0 Å². The van der Waals surface area contributed by atoms with Gasteiger partial charge in [0.15, 0.2) is 5.78 Å². The van der Waals surface area contributed by atoms with Gasteiger partial charge in [-0.15, -0.1) is 0 Å². The van der Waals surface area contributed by atoms with Gasteiger partial charge in [-0.1, -0.05) is 30.5 Å². The summed E-state index contributed by atoms with van der Waals surface area (Å²) in [4.78, 5) is 26.8. The van der Waals surface area contributed by atoms with Crippen molar-refractivity contribution in [2.75, 3.05) is 26.2 Å². The van der Waals surface area contributed by atoms with Gasteiger partial charge in [0, 0.05) is 24.9 Å². The zero-order valence-corrected chi connectivity index (χ0v) is 15.8. The second-order valence-corrected chi connectivity index (χ2v) is 7.20. The first-order chi connectivity index (χ1) is 12.1. The van der Waals surface area contributed by atoms with Gasteiger partial charge in [-0.25, -0.2) is 0 Å². The summed E-state index contributed by atoms with van der Waals surface area (Å²) in [6, 6.07) is 5.88. The molecule has 4 nitrogen and oxygen atoms in total.